The van der Waals surface area contributed by atoms with Gasteiger partial charge in [-0.25, -0.2) is 0 Å². The zero-order valence-electron chi connectivity index (χ0n) is 9.76. The predicted molar refractivity (Wildman–Crippen MR) is 61.6 cm³/mol. The highest BCUT2D eigenvalue weighted by Gasteiger charge is 2.14. The Morgan fingerprint density at radius 2 is 1.94 bits per heavy atom. The van der Waals surface area contributed by atoms with E-state index in [0.29, 0.717) is 16.7 Å². The maximum Gasteiger partial charge on any atom is 0.334 e. The van der Waals surface area contributed by atoms with Crippen LogP contribution in [0.25, 0.3) is 10.9 Å². The number of methoxy groups -OCH3 is 2. The Morgan fingerprint density at radius 1 is 1.18 bits per heavy atom. The van der Waals surface area contributed by atoms with Crippen LogP contribution < -0.4 is 19.9 Å². The molecule has 0 N–H and O–H groups in total. The standard InChI is InChI=1S/C11H12N2O4/c1-15-8-6-4-5-7-9(8)10(14)12-11(16-2)13(7)17-3/h4-6H,1-3H3. The molecule has 0 radical (unpaired) electrons. The minimum atomic E-state index is -0.414. The summed E-state index contributed by atoms with van der Waals surface area (Å²) in [4.78, 5) is 20.8. The first kappa shape index (κ1) is 11.3. The van der Waals surface area contributed by atoms with Crippen molar-refractivity contribution in [1.82, 2.24) is 9.71 Å². The van der Waals surface area contributed by atoms with Crippen LogP contribution in [-0.4, -0.2) is 31.0 Å². The van der Waals surface area contributed by atoms with Gasteiger partial charge in [-0.1, -0.05) is 6.07 Å². The van der Waals surface area contributed by atoms with E-state index in [9.17, 15) is 4.79 Å². The Hall–Kier alpha value is -2.24. The van der Waals surface area contributed by atoms with Gasteiger partial charge in [0.25, 0.3) is 5.56 Å². The van der Waals surface area contributed by atoms with Crippen molar-refractivity contribution in [2.75, 3.05) is 21.3 Å². The molecule has 0 bridgehead atoms. The third-order valence-electron chi connectivity index (χ3n) is 2.39. The Kier molecular flexibility index (Phi) is 2.86. The van der Waals surface area contributed by atoms with E-state index in [4.69, 9.17) is 14.3 Å². The van der Waals surface area contributed by atoms with E-state index in [1.54, 1.807) is 18.2 Å². The van der Waals surface area contributed by atoms with Crippen LogP contribution in [0.1, 0.15) is 0 Å². The van der Waals surface area contributed by atoms with Gasteiger partial charge in [0.1, 0.15) is 23.8 Å². The second-order valence-electron chi connectivity index (χ2n) is 3.24. The SMILES string of the molecule is COc1cccc2c1c(=O)nc(OC)n2OC. The molecule has 0 aliphatic heterocycles. The van der Waals surface area contributed by atoms with Crippen molar-refractivity contribution in [3.63, 3.8) is 0 Å². The van der Waals surface area contributed by atoms with Crippen LogP contribution in [0, 0.1) is 0 Å². The van der Waals surface area contributed by atoms with Crippen molar-refractivity contribution in [3.8, 4) is 11.8 Å². The lowest BCUT2D eigenvalue weighted by atomic mass is 10.2. The van der Waals surface area contributed by atoms with Gasteiger partial charge in [-0.3, -0.25) is 4.79 Å². The molecule has 0 saturated heterocycles. The number of aromatic nitrogens is 2. The Labute approximate surface area is 97.3 Å². The van der Waals surface area contributed by atoms with Gasteiger partial charge < -0.3 is 14.3 Å². The van der Waals surface area contributed by atoms with Crippen LogP contribution in [0.3, 0.4) is 0 Å². The Balaban J connectivity index is 2.94. The van der Waals surface area contributed by atoms with Gasteiger partial charge in [-0.2, -0.15) is 4.98 Å². The number of fused-ring (bicyclic) bond motifs is 1. The van der Waals surface area contributed by atoms with E-state index in [1.807, 2.05) is 0 Å². The molecule has 2 rings (SSSR count). The van der Waals surface area contributed by atoms with Crippen molar-refractivity contribution >= 4 is 10.9 Å². The minimum Gasteiger partial charge on any atom is -0.496 e. The first-order valence-corrected chi connectivity index (χ1v) is 4.91. The maximum absolute atomic E-state index is 11.9. The van der Waals surface area contributed by atoms with Crippen molar-refractivity contribution in [1.29, 1.82) is 0 Å². The molecule has 90 valence electrons. The predicted octanol–water partition coefficient (Wildman–Crippen LogP) is 0.472. The monoisotopic (exact) mass is 236 g/mol. The van der Waals surface area contributed by atoms with Crippen LogP contribution in [0.4, 0.5) is 0 Å². The number of rotatable bonds is 3. The van der Waals surface area contributed by atoms with Crippen molar-refractivity contribution in [2.45, 2.75) is 0 Å². The molecule has 0 spiro atoms. The summed E-state index contributed by atoms with van der Waals surface area (Å²) in [5.41, 5.74) is 0.131. The molecule has 6 heteroatoms. The van der Waals surface area contributed by atoms with E-state index < -0.39 is 5.56 Å². The first-order valence-electron chi connectivity index (χ1n) is 4.91. The molecule has 0 fully saturated rings. The highest BCUT2D eigenvalue weighted by Crippen LogP contribution is 2.23. The lowest BCUT2D eigenvalue weighted by molar-refractivity contribution is 0.141. The van der Waals surface area contributed by atoms with Gasteiger partial charge >= 0.3 is 6.01 Å². The fraction of sp³-hybridized carbons (Fsp3) is 0.273. The molecule has 17 heavy (non-hydrogen) atoms. The molecule has 1 aromatic carbocycles. The van der Waals surface area contributed by atoms with Crippen LogP contribution >= 0.6 is 0 Å². The second kappa shape index (κ2) is 4.32. The fourth-order valence-corrected chi connectivity index (χ4v) is 1.67. The van der Waals surface area contributed by atoms with Crippen LogP contribution in [0.2, 0.25) is 0 Å². The summed E-state index contributed by atoms with van der Waals surface area (Å²) < 4.78 is 11.4. The van der Waals surface area contributed by atoms with Gasteiger partial charge in [0.2, 0.25) is 0 Å². The summed E-state index contributed by atoms with van der Waals surface area (Å²) in [5.74, 6) is 0.452. The lowest BCUT2D eigenvalue weighted by Crippen LogP contribution is -2.20. The maximum atomic E-state index is 11.9. The molecule has 0 unspecified atom stereocenters. The molecule has 0 amide bonds. The summed E-state index contributed by atoms with van der Waals surface area (Å²) in [7, 11) is 4.38. The Morgan fingerprint density at radius 3 is 2.53 bits per heavy atom. The zero-order valence-corrected chi connectivity index (χ0v) is 9.76. The summed E-state index contributed by atoms with van der Waals surface area (Å²) >= 11 is 0. The molecule has 0 atom stereocenters. The third-order valence-corrected chi connectivity index (χ3v) is 2.39. The molecular weight excluding hydrogens is 224 g/mol. The average Bonchev–Trinajstić information content (AvgIpc) is 2.37. The normalized spacial score (nSPS) is 10.3. The van der Waals surface area contributed by atoms with Crippen molar-refractivity contribution in [2.24, 2.45) is 0 Å². The van der Waals surface area contributed by atoms with Crippen LogP contribution in [0.5, 0.6) is 11.8 Å². The topological polar surface area (TPSA) is 62.6 Å². The average molecular weight is 236 g/mol. The van der Waals surface area contributed by atoms with Gasteiger partial charge in [-0.15, -0.1) is 4.73 Å². The van der Waals surface area contributed by atoms with E-state index in [2.05, 4.69) is 4.98 Å². The van der Waals surface area contributed by atoms with Gasteiger partial charge in [0.15, 0.2) is 0 Å². The highest BCUT2D eigenvalue weighted by molar-refractivity contribution is 5.84. The smallest absolute Gasteiger partial charge is 0.334 e. The number of nitrogens with zero attached hydrogens (tertiary/aromatic N) is 2. The van der Waals surface area contributed by atoms with E-state index >= 15 is 0 Å². The summed E-state index contributed by atoms with van der Waals surface area (Å²) in [5, 5.41) is 0.359. The highest BCUT2D eigenvalue weighted by atomic mass is 16.7. The first-order chi connectivity index (χ1) is 8.22. The fourth-order valence-electron chi connectivity index (χ4n) is 1.67. The molecule has 0 saturated carbocycles. The van der Waals surface area contributed by atoms with Crippen molar-refractivity contribution < 1.29 is 14.3 Å². The molecule has 1 aromatic heterocycles. The zero-order chi connectivity index (χ0) is 12.4. The summed E-state index contributed by atoms with van der Waals surface area (Å²) in [6, 6.07) is 5.28. The molecular formula is C11H12N2O4. The van der Waals surface area contributed by atoms with Crippen LogP contribution in [0.15, 0.2) is 23.0 Å². The number of hydrogen-bond acceptors (Lipinski definition) is 5. The van der Waals surface area contributed by atoms with Crippen LogP contribution in [-0.2, 0) is 0 Å². The minimum absolute atomic E-state index is 0.0956. The quantitative estimate of drug-likeness (QED) is 0.775. The largest absolute Gasteiger partial charge is 0.496 e. The molecule has 2 aromatic rings. The number of ether oxygens (including phenoxy) is 2. The van der Waals surface area contributed by atoms with E-state index in [0.717, 1.165) is 0 Å². The summed E-state index contributed by atoms with van der Waals surface area (Å²) in [6.07, 6.45) is 0. The molecule has 0 aliphatic rings. The third kappa shape index (κ3) is 1.67. The second-order valence-corrected chi connectivity index (χ2v) is 3.24. The molecule has 6 nitrogen and oxygen atoms in total. The molecule has 1 heterocycles. The number of hydrogen-bond donors (Lipinski definition) is 0. The van der Waals surface area contributed by atoms with E-state index in [1.165, 1.54) is 26.1 Å². The van der Waals surface area contributed by atoms with Gasteiger partial charge in [0, 0.05) is 0 Å². The number of benzene rings is 1. The van der Waals surface area contributed by atoms with Gasteiger partial charge in [-0.05, 0) is 12.1 Å². The Bertz CT molecular complexity index is 606. The van der Waals surface area contributed by atoms with Gasteiger partial charge in [0.05, 0.1) is 14.2 Å². The summed E-state index contributed by atoms with van der Waals surface area (Å²) in [6.45, 7) is 0. The molecule has 0 aliphatic carbocycles. The van der Waals surface area contributed by atoms with Crippen molar-refractivity contribution in [3.05, 3.63) is 28.6 Å². The van der Waals surface area contributed by atoms with E-state index in [-0.39, 0.29) is 6.01 Å². The lowest BCUT2D eigenvalue weighted by Gasteiger charge is -2.13.